The topological polar surface area (TPSA) is 62.2 Å². The van der Waals surface area contributed by atoms with Gasteiger partial charge < -0.3 is 14.9 Å². The highest BCUT2D eigenvalue weighted by atomic mass is 16.7. The van der Waals surface area contributed by atoms with Crippen molar-refractivity contribution in [3.8, 4) is 0 Å². The van der Waals surface area contributed by atoms with E-state index in [1.807, 2.05) is 30.3 Å². The fraction of sp³-hybridized carbons (Fsp3) is 0.500. The van der Waals surface area contributed by atoms with E-state index >= 15 is 0 Å². The zero-order chi connectivity index (χ0) is 14.8. The Labute approximate surface area is 124 Å². The molecule has 2 bridgehead atoms. The number of hydrogen-bond donors (Lipinski definition) is 2. The number of fused-ring (bicyclic) bond motifs is 2. The average molecular weight is 291 g/mol. The van der Waals surface area contributed by atoms with Crippen molar-refractivity contribution in [3.63, 3.8) is 0 Å². The van der Waals surface area contributed by atoms with Gasteiger partial charge in [0.2, 0.25) is 0 Å². The van der Waals surface area contributed by atoms with Gasteiger partial charge in [-0.1, -0.05) is 36.4 Å². The van der Waals surface area contributed by atoms with Gasteiger partial charge in [-0.3, -0.25) is 4.84 Å². The first-order chi connectivity index (χ1) is 10.2. The number of benzene rings is 1. The summed E-state index contributed by atoms with van der Waals surface area (Å²) in [5.41, 5.74) is 1.09. The van der Waals surface area contributed by atoms with Gasteiger partial charge in [0, 0.05) is 12.5 Å². The van der Waals surface area contributed by atoms with Crippen molar-refractivity contribution in [1.82, 2.24) is 5.06 Å². The summed E-state index contributed by atoms with van der Waals surface area (Å²) in [5.74, 6) is -0.137. The summed E-state index contributed by atoms with van der Waals surface area (Å²) in [5, 5.41) is 21.9. The van der Waals surface area contributed by atoms with Crippen LogP contribution in [0.3, 0.4) is 0 Å². The van der Waals surface area contributed by atoms with Gasteiger partial charge in [0.1, 0.15) is 6.10 Å². The van der Waals surface area contributed by atoms with Crippen molar-refractivity contribution in [3.05, 3.63) is 48.6 Å². The van der Waals surface area contributed by atoms with Crippen LogP contribution < -0.4 is 0 Å². The SMILES string of the molecule is C=C[C@@H]1O[C@H](CO)[C@H]2[C@@H](O)[C@@H]1CON2Cc1ccccc1. The zero-order valence-electron chi connectivity index (χ0n) is 11.8. The molecule has 0 aromatic heterocycles. The van der Waals surface area contributed by atoms with E-state index in [9.17, 15) is 10.2 Å². The standard InChI is InChI=1S/C16H21NO4/c1-2-13-12-10-20-17(8-11-6-4-3-5-7-11)15(16(12)19)14(9-18)21-13/h2-7,12-16,18-19H,1,8-10H2/t12-,13+,14-,15+,16+/m1/s1. The molecule has 114 valence electrons. The summed E-state index contributed by atoms with van der Waals surface area (Å²) in [6.45, 7) is 4.51. The lowest BCUT2D eigenvalue weighted by Gasteiger charge is -2.51. The van der Waals surface area contributed by atoms with Crippen molar-refractivity contribution in [2.45, 2.75) is 30.9 Å². The van der Waals surface area contributed by atoms with Gasteiger partial charge in [-0.05, 0) is 5.56 Å². The van der Waals surface area contributed by atoms with Crippen LogP contribution in [0.1, 0.15) is 5.56 Å². The van der Waals surface area contributed by atoms with Gasteiger partial charge in [0.05, 0.1) is 31.5 Å². The van der Waals surface area contributed by atoms with Gasteiger partial charge >= 0.3 is 0 Å². The third kappa shape index (κ3) is 2.75. The number of rotatable bonds is 4. The Morgan fingerprint density at radius 2 is 2.10 bits per heavy atom. The van der Waals surface area contributed by atoms with Crippen molar-refractivity contribution >= 4 is 0 Å². The van der Waals surface area contributed by atoms with Gasteiger partial charge in [-0.25, -0.2) is 0 Å². The Morgan fingerprint density at radius 3 is 2.76 bits per heavy atom. The predicted molar refractivity (Wildman–Crippen MR) is 77.2 cm³/mol. The van der Waals surface area contributed by atoms with E-state index in [-0.39, 0.29) is 24.7 Å². The first-order valence-electron chi connectivity index (χ1n) is 7.25. The Hall–Kier alpha value is -1.24. The lowest BCUT2D eigenvalue weighted by molar-refractivity contribution is -0.327. The molecule has 0 amide bonds. The first kappa shape index (κ1) is 14.7. The number of aliphatic hydroxyl groups excluding tert-OH is 2. The summed E-state index contributed by atoms with van der Waals surface area (Å²) in [6.07, 6.45) is 0.301. The van der Waals surface area contributed by atoms with Gasteiger partial charge in [-0.2, -0.15) is 5.06 Å². The Balaban J connectivity index is 1.80. The van der Waals surface area contributed by atoms with E-state index in [1.54, 1.807) is 11.1 Å². The molecule has 1 aromatic rings. The highest BCUT2D eigenvalue weighted by Crippen LogP contribution is 2.35. The van der Waals surface area contributed by atoms with Crippen LogP contribution in [-0.2, 0) is 16.1 Å². The van der Waals surface area contributed by atoms with Gasteiger partial charge in [-0.15, -0.1) is 6.58 Å². The van der Waals surface area contributed by atoms with E-state index < -0.39 is 12.2 Å². The monoisotopic (exact) mass is 291 g/mol. The third-order valence-electron chi connectivity index (χ3n) is 4.28. The molecule has 0 saturated carbocycles. The van der Waals surface area contributed by atoms with Crippen LogP contribution in [-0.4, -0.2) is 52.8 Å². The molecule has 21 heavy (non-hydrogen) atoms. The summed E-state index contributed by atoms with van der Waals surface area (Å²) >= 11 is 0. The fourth-order valence-electron chi connectivity index (χ4n) is 3.16. The smallest absolute Gasteiger partial charge is 0.102 e. The normalized spacial score (nSPS) is 36.4. The minimum Gasteiger partial charge on any atom is -0.394 e. The van der Waals surface area contributed by atoms with Crippen LogP contribution in [0.25, 0.3) is 0 Å². The molecule has 0 unspecified atom stereocenters. The molecular weight excluding hydrogens is 270 g/mol. The number of nitrogens with zero attached hydrogens (tertiary/aromatic N) is 1. The van der Waals surface area contributed by atoms with Crippen LogP contribution in [0.2, 0.25) is 0 Å². The lowest BCUT2D eigenvalue weighted by atomic mass is 9.84. The zero-order valence-corrected chi connectivity index (χ0v) is 11.8. The van der Waals surface area contributed by atoms with Crippen LogP contribution >= 0.6 is 0 Å². The maximum absolute atomic E-state index is 10.6. The molecule has 5 heteroatoms. The van der Waals surface area contributed by atoms with Crippen LogP contribution in [0.4, 0.5) is 0 Å². The van der Waals surface area contributed by atoms with Crippen molar-refractivity contribution in [2.75, 3.05) is 13.2 Å². The maximum Gasteiger partial charge on any atom is 0.102 e. The summed E-state index contributed by atoms with van der Waals surface area (Å²) in [6, 6.07) is 9.53. The molecule has 2 aliphatic rings. The third-order valence-corrected chi connectivity index (χ3v) is 4.28. The molecule has 0 spiro atoms. The van der Waals surface area contributed by atoms with E-state index in [1.165, 1.54) is 0 Å². The summed E-state index contributed by atoms with van der Waals surface area (Å²) in [4.78, 5) is 5.82. The minimum absolute atomic E-state index is 0.137. The molecule has 2 aliphatic heterocycles. The largest absolute Gasteiger partial charge is 0.394 e. The molecule has 2 heterocycles. The molecule has 1 aromatic carbocycles. The van der Waals surface area contributed by atoms with E-state index in [0.717, 1.165) is 5.56 Å². The highest BCUT2D eigenvalue weighted by molar-refractivity contribution is 5.15. The molecule has 2 saturated heterocycles. The Morgan fingerprint density at radius 1 is 1.33 bits per heavy atom. The fourth-order valence-corrected chi connectivity index (χ4v) is 3.16. The van der Waals surface area contributed by atoms with Crippen LogP contribution in [0.15, 0.2) is 43.0 Å². The molecule has 2 N–H and O–H groups in total. The maximum atomic E-state index is 10.6. The van der Waals surface area contributed by atoms with Crippen molar-refractivity contribution in [1.29, 1.82) is 0 Å². The van der Waals surface area contributed by atoms with E-state index in [0.29, 0.717) is 13.2 Å². The Kier molecular flexibility index (Phi) is 4.37. The number of aliphatic hydroxyl groups is 2. The second-order valence-corrected chi connectivity index (χ2v) is 5.56. The molecule has 5 atom stereocenters. The molecule has 3 rings (SSSR count). The van der Waals surface area contributed by atoms with Crippen molar-refractivity contribution < 1.29 is 19.8 Å². The van der Waals surface area contributed by atoms with Crippen LogP contribution in [0, 0.1) is 5.92 Å². The summed E-state index contributed by atoms with van der Waals surface area (Å²) in [7, 11) is 0. The molecule has 0 radical (unpaired) electrons. The Bertz CT molecular complexity index is 478. The second-order valence-electron chi connectivity index (χ2n) is 5.56. The molecular formula is C16H21NO4. The predicted octanol–water partition coefficient (Wildman–Crippen LogP) is 0.725. The van der Waals surface area contributed by atoms with E-state index in [2.05, 4.69) is 6.58 Å². The van der Waals surface area contributed by atoms with E-state index in [4.69, 9.17) is 9.57 Å². The molecule has 0 aliphatic carbocycles. The van der Waals surface area contributed by atoms with Crippen molar-refractivity contribution in [2.24, 2.45) is 5.92 Å². The first-order valence-corrected chi connectivity index (χ1v) is 7.25. The van der Waals surface area contributed by atoms with Gasteiger partial charge in [0.15, 0.2) is 0 Å². The summed E-state index contributed by atoms with van der Waals surface area (Å²) < 4.78 is 5.84. The highest BCUT2D eigenvalue weighted by Gasteiger charge is 2.50. The molecule has 2 fully saturated rings. The number of hydrogen-bond acceptors (Lipinski definition) is 5. The molecule has 5 nitrogen and oxygen atoms in total. The van der Waals surface area contributed by atoms with Gasteiger partial charge in [0.25, 0.3) is 0 Å². The second kappa shape index (κ2) is 6.25. The lowest BCUT2D eigenvalue weighted by Crippen LogP contribution is -2.66. The number of hydroxylamine groups is 2. The minimum atomic E-state index is -0.601. The quantitative estimate of drug-likeness (QED) is 0.801. The average Bonchev–Trinajstić information content (AvgIpc) is 2.51. The number of ether oxygens (including phenoxy) is 1. The van der Waals surface area contributed by atoms with Crippen LogP contribution in [0.5, 0.6) is 0 Å².